The Morgan fingerprint density at radius 3 is 2.96 bits per heavy atom. The first kappa shape index (κ1) is 17.6. The van der Waals surface area contributed by atoms with Gasteiger partial charge in [0.05, 0.1) is 11.8 Å². The Labute approximate surface area is 138 Å². The molecule has 2 N–H and O–H groups in total. The van der Waals surface area contributed by atoms with Crippen LogP contribution in [0.5, 0.6) is 0 Å². The van der Waals surface area contributed by atoms with Crippen LogP contribution in [0.15, 0.2) is 9.95 Å². The Morgan fingerprint density at radius 1 is 1.57 bits per heavy atom. The van der Waals surface area contributed by atoms with E-state index in [1.165, 1.54) is 16.3 Å². The first-order chi connectivity index (χ1) is 11.1. The number of aromatic nitrogens is 3. The highest BCUT2D eigenvalue weighted by Crippen LogP contribution is 2.29. The van der Waals surface area contributed by atoms with Gasteiger partial charge in [-0.15, -0.1) is 5.10 Å². The molecular formula is C14H21N5O3S. The van der Waals surface area contributed by atoms with E-state index < -0.39 is 5.54 Å². The minimum atomic E-state index is -0.721. The summed E-state index contributed by atoms with van der Waals surface area (Å²) >= 11 is 1.18. The third-order valence-corrected chi connectivity index (χ3v) is 4.81. The molecule has 0 saturated heterocycles. The van der Waals surface area contributed by atoms with Crippen molar-refractivity contribution in [2.75, 3.05) is 19.5 Å². The third kappa shape index (κ3) is 4.59. The average molecular weight is 339 g/mol. The molecule has 8 nitrogen and oxygen atoms in total. The summed E-state index contributed by atoms with van der Waals surface area (Å²) in [5.41, 5.74) is -1.02. The summed E-state index contributed by atoms with van der Waals surface area (Å²) in [6.07, 6.45) is 4.00. The fourth-order valence-corrected chi connectivity index (χ4v) is 3.43. The number of rotatable bonds is 8. The molecule has 1 fully saturated rings. The van der Waals surface area contributed by atoms with Crippen molar-refractivity contribution < 1.29 is 9.53 Å². The van der Waals surface area contributed by atoms with Crippen molar-refractivity contribution in [2.24, 2.45) is 0 Å². The van der Waals surface area contributed by atoms with Crippen LogP contribution in [0, 0.1) is 11.3 Å². The molecule has 0 aliphatic heterocycles. The smallest absolute Gasteiger partial charge is 0.343 e. The molecule has 1 saturated carbocycles. The van der Waals surface area contributed by atoms with Gasteiger partial charge in [0.1, 0.15) is 5.54 Å². The lowest BCUT2D eigenvalue weighted by atomic mass is 10.0. The molecule has 1 aliphatic carbocycles. The van der Waals surface area contributed by atoms with E-state index in [0.717, 1.165) is 12.8 Å². The Bertz CT molecular complexity index is 627. The van der Waals surface area contributed by atoms with E-state index in [0.29, 0.717) is 37.6 Å². The second kappa shape index (κ2) is 8.17. The van der Waals surface area contributed by atoms with Crippen LogP contribution in [-0.2, 0) is 16.1 Å². The number of thioether (sulfide) groups is 1. The largest absolute Gasteiger partial charge is 0.385 e. The summed E-state index contributed by atoms with van der Waals surface area (Å²) in [6.45, 7) is 1.03. The highest BCUT2D eigenvalue weighted by Gasteiger charge is 2.35. The SMILES string of the molecule is COCCCn1c(SCC(=O)NC2(C#N)CCCC2)n[nH]c1=O. The van der Waals surface area contributed by atoms with Crippen LogP contribution in [0.2, 0.25) is 0 Å². The number of nitrogens with one attached hydrogen (secondary N) is 2. The van der Waals surface area contributed by atoms with E-state index in [9.17, 15) is 14.9 Å². The maximum atomic E-state index is 12.1. The van der Waals surface area contributed by atoms with E-state index in [2.05, 4.69) is 21.6 Å². The van der Waals surface area contributed by atoms with Crippen molar-refractivity contribution in [3.63, 3.8) is 0 Å². The highest BCUT2D eigenvalue weighted by molar-refractivity contribution is 7.99. The van der Waals surface area contributed by atoms with Crippen molar-refractivity contribution in [1.82, 2.24) is 20.1 Å². The summed E-state index contributed by atoms with van der Waals surface area (Å²) < 4.78 is 6.46. The zero-order chi connectivity index (χ0) is 16.7. The van der Waals surface area contributed by atoms with Gasteiger partial charge in [-0.3, -0.25) is 9.36 Å². The van der Waals surface area contributed by atoms with Crippen molar-refractivity contribution in [3.8, 4) is 6.07 Å². The molecule has 0 unspecified atom stereocenters. The Kier molecular flexibility index (Phi) is 6.24. The van der Waals surface area contributed by atoms with Crippen LogP contribution in [0.1, 0.15) is 32.1 Å². The third-order valence-electron chi connectivity index (χ3n) is 3.84. The number of carbonyl (C=O) groups is 1. The fraction of sp³-hybridized carbons (Fsp3) is 0.714. The Balaban J connectivity index is 1.89. The molecule has 0 spiro atoms. The summed E-state index contributed by atoms with van der Waals surface area (Å²) in [5, 5.41) is 18.9. The number of hydrogen-bond acceptors (Lipinski definition) is 6. The van der Waals surface area contributed by atoms with Gasteiger partial charge in [-0.1, -0.05) is 11.8 Å². The van der Waals surface area contributed by atoms with Crippen LogP contribution in [0.4, 0.5) is 0 Å². The van der Waals surface area contributed by atoms with Crippen LogP contribution in [0.3, 0.4) is 0 Å². The van der Waals surface area contributed by atoms with Crippen LogP contribution in [-0.4, -0.2) is 45.7 Å². The maximum Gasteiger partial charge on any atom is 0.343 e. The summed E-state index contributed by atoms with van der Waals surface area (Å²) in [7, 11) is 1.60. The minimum Gasteiger partial charge on any atom is -0.385 e. The number of aromatic amines is 1. The highest BCUT2D eigenvalue weighted by atomic mass is 32.2. The summed E-state index contributed by atoms with van der Waals surface area (Å²) in [5.74, 6) is -0.0878. The first-order valence-electron chi connectivity index (χ1n) is 7.59. The lowest BCUT2D eigenvalue weighted by Crippen LogP contribution is -2.45. The molecule has 9 heteroatoms. The number of nitriles is 1. The molecule has 126 valence electrons. The molecular weight excluding hydrogens is 318 g/mol. The molecule has 0 aromatic carbocycles. The van der Waals surface area contributed by atoms with Gasteiger partial charge in [-0.25, -0.2) is 9.89 Å². The quantitative estimate of drug-likeness (QED) is 0.531. The predicted octanol–water partition coefficient (Wildman–Crippen LogP) is 0.653. The Morgan fingerprint density at radius 2 is 2.30 bits per heavy atom. The van der Waals surface area contributed by atoms with Crippen molar-refractivity contribution >= 4 is 17.7 Å². The minimum absolute atomic E-state index is 0.123. The molecule has 1 amide bonds. The number of hydrogen-bond donors (Lipinski definition) is 2. The Hall–Kier alpha value is -1.79. The summed E-state index contributed by atoms with van der Waals surface area (Å²) in [6, 6.07) is 2.22. The predicted molar refractivity (Wildman–Crippen MR) is 85.0 cm³/mol. The van der Waals surface area contributed by atoms with Gasteiger partial charge in [0, 0.05) is 20.3 Å². The van der Waals surface area contributed by atoms with Gasteiger partial charge >= 0.3 is 5.69 Å². The van der Waals surface area contributed by atoms with Crippen LogP contribution in [0.25, 0.3) is 0 Å². The molecule has 0 bridgehead atoms. The normalized spacial score (nSPS) is 16.2. The number of amides is 1. The van der Waals surface area contributed by atoms with E-state index >= 15 is 0 Å². The maximum absolute atomic E-state index is 12.1. The topological polar surface area (TPSA) is 113 Å². The molecule has 1 heterocycles. The number of methoxy groups -OCH3 is 1. The zero-order valence-corrected chi connectivity index (χ0v) is 13.9. The molecule has 1 aromatic rings. The van der Waals surface area contributed by atoms with Gasteiger partial charge in [0.15, 0.2) is 5.16 Å². The van der Waals surface area contributed by atoms with Gasteiger partial charge in [0.25, 0.3) is 0 Å². The zero-order valence-electron chi connectivity index (χ0n) is 13.1. The molecule has 2 rings (SSSR count). The lowest BCUT2D eigenvalue weighted by molar-refractivity contribution is -0.119. The van der Waals surface area contributed by atoms with E-state index in [1.54, 1.807) is 7.11 Å². The molecule has 0 radical (unpaired) electrons. The van der Waals surface area contributed by atoms with E-state index in [1.807, 2.05) is 0 Å². The van der Waals surface area contributed by atoms with Crippen LogP contribution < -0.4 is 11.0 Å². The van der Waals surface area contributed by atoms with Crippen LogP contribution >= 0.6 is 11.8 Å². The monoisotopic (exact) mass is 339 g/mol. The van der Waals surface area contributed by atoms with Crippen molar-refractivity contribution in [2.45, 2.75) is 49.3 Å². The molecule has 1 aliphatic rings. The molecule has 1 aromatic heterocycles. The molecule has 0 atom stereocenters. The van der Waals surface area contributed by atoms with E-state index in [-0.39, 0.29) is 17.3 Å². The van der Waals surface area contributed by atoms with Crippen molar-refractivity contribution in [1.29, 1.82) is 5.26 Å². The number of carbonyl (C=O) groups excluding carboxylic acids is 1. The number of H-pyrrole nitrogens is 1. The van der Waals surface area contributed by atoms with Gasteiger partial charge in [-0.05, 0) is 32.1 Å². The van der Waals surface area contributed by atoms with E-state index in [4.69, 9.17) is 4.74 Å². The van der Waals surface area contributed by atoms with Crippen molar-refractivity contribution in [3.05, 3.63) is 10.5 Å². The molecule has 23 heavy (non-hydrogen) atoms. The first-order valence-corrected chi connectivity index (χ1v) is 8.58. The number of nitrogens with zero attached hydrogens (tertiary/aromatic N) is 3. The second-order valence-electron chi connectivity index (χ2n) is 5.55. The lowest BCUT2D eigenvalue weighted by Gasteiger charge is -2.21. The number of ether oxygens (including phenoxy) is 1. The van der Waals surface area contributed by atoms with Gasteiger partial charge in [0.2, 0.25) is 5.91 Å². The standard InChI is InChI=1S/C14H21N5O3S/c1-22-8-4-7-19-12(21)17-18-13(19)23-9-11(20)16-14(10-15)5-2-3-6-14/h2-9H2,1H3,(H,16,20)(H,17,21). The fourth-order valence-electron chi connectivity index (χ4n) is 2.65. The van der Waals surface area contributed by atoms with Gasteiger partial charge < -0.3 is 10.1 Å². The second-order valence-corrected chi connectivity index (χ2v) is 6.49. The summed E-state index contributed by atoms with van der Waals surface area (Å²) in [4.78, 5) is 23.8. The van der Waals surface area contributed by atoms with Gasteiger partial charge in [-0.2, -0.15) is 5.26 Å². The average Bonchev–Trinajstić information content (AvgIpc) is 3.14.